The Balaban J connectivity index is 0. The van der Waals surface area contributed by atoms with Crippen molar-refractivity contribution in [1.29, 1.82) is 0 Å². The predicted octanol–water partition coefficient (Wildman–Crippen LogP) is 9.74. The summed E-state index contributed by atoms with van der Waals surface area (Å²) in [6.07, 6.45) is 28.9. The third-order valence-electron chi connectivity index (χ3n) is 6.09. The fraction of sp³-hybridized carbons (Fsp3) is 1.00. The van der Waals surface area contributed by atoms with Gasteiger partial charge in [0.15, 0.2) is 0 Å². The zero-order chi connectivity index (χ0) is 18.6. The van der Waals surface area contributed by atoms with Gasteiger partial charge in [-0.2, -0.15) is 0 Å². The standard InChI is InChI=1S/C24H51P.ClH/c1-4-7-19-24(20-8-5-2,21-9-6-3)22-17-15-13-11-10-12-14-16-18-23-25;/h4-23,25H2,1-3H3;1H. The van der Waals surface area contributed by atoms with Gasteiger partial charge in [-0.3, -0.25) is 0 Å². The summed E-state index contributed by atoms with van der Waals surface area (Å²) in [5.74, 6) is 0. The second kappa shape index (κ2) is 22.0. The van der Waals surface area contributed by atoms with Crippen LogP contribution in [0, 0.1) is 5.41 Å². The van der Waals surface area contributed by atoms with E-state index < -0.39 is 0 Å². The van der Waals surface area contributed by atoms with Gasteiger partial charge in [-0.05, 0) is 43.7 Å². The zero-order valence-corrected chi connectivity index (χ0v) is 20.6. The van der Waals surface area contributed by atoms with Crippen molar-refractivity contribution < 1.29 is 0 Å². The Morgan fingerprint density at radius 2 is 0.769 bits per heavy atom. The molecule has 0 aliphatic rings. The van der Waals surface area contributed by atoms with Gasteiger partial charge in [-0.25, -0.2) is 0 Å². The van der Waals surface area contributed by atoms with Gasteiger partial charge in [0.25, 0.3) is 0 Å². The summed E-state index contributed by atoms with van der Waals surface area (Å²) in [6.45, 7) is 7.09. The summed E-state index contributed by atoms with van der Waals surface area (Å²) < 4.78 is 0. The van der Waals surface area contributed by atoms with E-state index >= 15 is 0 Å². The van der Waals surface area contributed by atoms with Crippen LogP contribution in [0.25, 0.3) is 0 Å². The summed E-state index contributed by atoms with van der Waals surface area (Å²) in [6, 6.07) is 0. The van der Waals surface area contributed by atoms with Crippen molar-refractivity contribution in [2.75, 3.05) is 6.16 Å². The topological polar surface area (TPSA) is 0 Å². The van der Waals surface area contributed by atoms with Crippen molar-refractivity contribution in [2.45, 2.75) is 143 Å². The fourth-order valence-corrected chi connectivity index (χ4v) is 4.58. The first-order valence-corrected chi connectivity index (χ1v) is 12.8. The Labute approximate surface area is 176 Å². The number of rotatable bonds is 20. The zero-order valence-electron chi connectivity index (χ0n) is 18.6. The molecule has 0 rings (SSSR count). The van der Waals surface area contributed by atoms with Crippen molar-refractivity contribution in [3.8, 4) is 0 Å². The SMILES string of the molecule is CCCCC(CCCC)(CCCC)CCCCCCCCCCCP.Cl. The lowest BCUT2D eigenvalue weighted by molar-refractivity contribution is 0.175. The molecule has 0 heterocycles. The highest BCUT2D eigenvalue weighted by Gasteiger charge is 2.27. The molecular formula is C24H52ClP. The van der Waals surface area contributed by atoms with Crippen LogP contribution in [0.2, 0.25) is 0 Å². The van der Waals surface area contributed by atoms with Gasteiger partial charge in [-0.1, -0.05) is 111 Å². The van der Waals surface area contributed by atoms with Crippen LogP contribution in [-0.4, -0.2) is 6.16 Å². The first-order valence-electron chi connectivity index (χ1n) is 11.9. The van der Waals surface area contributed by atoms with Gasteiger partial charge in [0.05, 0.1) is 0 Å². The van der Waals surface area contributed by atoms with Crippen LogP contribution >= 0.6 is 21.6 Å². The molecule has 1 atom stereocenters. The summed E-state index contributed by atoms with van der Waals surface area (Å²) >= 11 is 0. The molecule has 0 bridgehead atoms. The quantitative estimate of drug-likeness (QED) is 0.139. The predicted molar refractivity (Wildman–Crippen MR) is 129 cm³/mol. The lowest BCUT2D eigenvalue weighted by atomic mass is 9.71. The molecule has 1 unspecified atom stereocenters. The Bertz CT molecular complexity index is 233. The Morgan fingerprint density at radius 1 is 0.462 bits per heavy atom. The van der Waals surface area contributed by atoms with Crippen molar-refractivity contribution in [2.24, 2.45) is 5.41 Å². The highest BCUT2D eigenvalue weighted by atomic mass is 35.5. The van der Waals surface area contributed by atoms with Gasteiger partial charge in [0.1, 0.15) is 0 Å². The van der Waals surface area contributed by atoms with Gasteiger partial charge >= 0.3 is 0 Å². The summed E-state index contributed by atoms with van der Waals surface area (Å²) in [7, 11) is 2.85. The maximum atomic E-state index is 2.85. The van der Waals surface area contributed by atoms with E-state index in [9.17, 15) is 0 Å². The Hall–Kier alpha value is 0.720. The minimum Gasteiger partial charge on any atom is -0.147 e. The smallest absolute Gasteiger partial charge is 0.0297 e. The normalized spacial score (nSPS) is 11.5. The van der Waals surface area contributed by atoms with Crippen LogP contribution in [0.3, 0.4) is 0 Å². The van der Waals surface area contributed by atoms with Gasteiger partial charge < -0.3 is 0 Å². The molecule has 0 saturated heterocycles. The van der Waals surface area contributed by atoms with Crippen LogP contribution in [0.5, 0.6) is 0 Å². The molecule has 0 fully saturated rings. The van der Waals surface area contributed by atoms with E-state index in [0.29, 0.717) is 5.41 Å². The number of hydrogen-bond acceptors (Lipinski definition) is 0. The Morgan fingerprint density at radius 3 is 1.12 bits per heavy atom. The van der Waals surface area contributed by atoms with E-state index in [0.717, 1.165) is 0 Å². The minimum atomic E-state index is 0. The monoisotopic (exact) mass is 406 g/mol. The van der Waals surface area contributed by atoms with Gasteiger partial charge in [0, 0.05) is 0 Å². The first kappa shape index (κ1) is 28.9. The molecule has 0 amide bonds. The largest absolute Gasteiger partial charge is 0.147 e. The molecule has 0 N–H and O–H groups in total. The van der Waals surface area contributed by atoms with E-state index in [1.165, 1.54) is 128 Å². The molecule has 0 aromatic heterocycles. The molecule has 0 aromatic rings. The molecule has 160 valence electrons. The van der Waals surface area contributed by atoms with E-state index in [4.69, 9.17) is 0 Å². The minimum absolute atomic E-state index is 0. The van der Waals surface area contributed by atoms with Crippen molar-refractivity contribution >= 4 is 21.6 Å². The average Bonchev–Trinajstić information content (AvgIpc) is 2.64. The van der Waals surface area contributed by atoms with Crippen molar-refractivity contribution in [3.05, 3.63) is 0 Å². The van der Waals surface area contributed by atoms with Crippen LogP contribution in [0.1, 0.15) is 143 Å². The highest BCUT2D eigenvalue weighted by molar-refractivity contribution is 7.16. The first-order chi connectivity index (χ1) is 12.2. The van der Waals surface area contributed by atoms with Crippen LogP contribution in [0.4, 0.5) is 0 Å². The number of hydrogen-bond donors (Lipinski definition) is 0. The van der Waals surface area contributed by atoms with Crippen LogP contribution in [0.15, 0.2) is 0 Å². The molecule has 0 nitrogen and oxygen atoms in total. The molecule has 0 aromatic carbocycles. The van der Waals surface area contributed by atoms with E-state index in [2.05, 4.69) is 30.0 Å². The maximum absolute atomic E-state index is 2.85. The van der Waals surface area contributed by atoms with Crippen molar-refractivity contribution in [3.63, 3.8) is 0 Å². The number of halogens is 1. The molecule has 0 aliphatic carbocycles. The molecule has 0 radical (unpaired) electrons. The van der Waals surface area contributed by atoms with Crippen LogP contribution < -0.4 is 0 Å². The lowest BCUT2D eigenvalue weighted by Crippen LogP contribution is -2.21. The van der Waals surface area contributed by atoms with Crippen molar-refractivity contribution in [1.82, 2.24) is 0 Å². The second-order valence-corrected chi connectivity index (χ2v) is 9.11. The Kier molecular flexibility index (Phi) is 24.5. The van der Waals surface area contributed by atoms with Crippen LogP contribution in [-0.2, 0) is 0 Å². The van der Waals surface area contributed by atoms with Gasteiger partial charge in [0.2, 0.25) is 0 Å². The summed E-state index contributed by atoms with van der Waals surface area (Å²) in [5.41, 5.74) is 0.695. The van der Waals surface area contributed by atoms with E-state index in [1.54, 1.807) is 0 Å². The third kappa shape index (κ3) is 16.9. The molecule has 26 heavy (non-hydrogen) atoms. The lowest BCUT2D eigenvalue weighted by Gasteiger charge is -2.35. The summed E-state index contributed by atoms with van der Waals surface area (Å²) in [4.78, 5) is 0. The third-order valence-corrected chi connectivity index (χ3v) is 6.50. The van der Waals surface area contributed by atoms with Gasteiger partial charge in [-0.15, -0.1) is 21.6 Å². The average molecular weight is 407 g/mol. The molecule has 0 saturated carbocycles. The van der Waals surface area contributed by atoms with E-state index in [1.807, 2.05) is 0 Å². The molecule has 0 aliphatic heterocycles. The second-order valence-electron chi connectivity index (χ2n) is 8.53. The molecule has 0 spiro atoms. The highest BCUT2D eigenvalue weighted by Crippen LogP contribution is 2.41. The summed E-state index contributed by atoms with van der Waals surface area (Å²) in [5, 5.41) is 0. The maximum Gasteiger partial charge on any atom is -0.0297 e. The molecular weight excluding hydrogens is 355 g/mol. The number of unbranched alkanes of at least 4 members (excludes halogenated alkanes) is 11. The molecule has 2 heteroatoms. The van der Waals surface area contributed by atoms with E-state index in [-0.39, 0.29) is 12.4 Å². The fourth-order valence-electron chi connectivity index (χ4n) is 4.29.